The highest BCUT2D eigenvalue weighted by Crippen LogP contribution is 2.17. The second-order valence-corrected chi connectivity index (χ2v) is 4.46. The first-order chi connectivity index (χ1) is 8.19. The normalized spacial score (nSPS) is 20.3. The maximum absolute atomic E-state index is 11.3. The van der Waals surface area contributed by atoms with Gasteiger partial charge in [0.2, 0.25) is 5.91 Å². The number of piperidine rings is 1. The van der Waals surface area contributed by atoms with Gasteiger partial charge in [-0.1, -0.05) is 5.21 Å². The molecule has 0 bridgehead atoms. The summed E-state index contributed by atoms with van der Waals surface area (Å²) in [5, 5.41) is 7.60. The van der Waals surface area contributed by atoms with Crippen LogP contribution in [0.4, 0.5) is 0 Å². The molecule has 0 aliphatic carbocycles. The standard InChI is InChI=1S/C11H16N4O2/c1-9(17)14-4-2-3-10(5-14)6-15-7-11(8-16)12-13-15/h7-8,10H,2-6H2,1H3. The van der Waals surface area contributed by atoms with Gasteiger partial charge in [0.15, 0.2) is 6.29 Å². The largest absolute Gasteiger partial charge is 0.343 e. The molecule has 1 saturated heterocycles. The average Bonchev–Trinajstić information content (AvgIpc) is 2.77. The van der Waals surface area contributed by atoms with Crippen molar-refractivity contribution in [3.05, 3.63) is 11.9 Å². The maximum atomic E-state index is 11.3. The van der Waals surface area contributed by atoms with E-state index < -0.39 is 0 Å². The van der Waals surface area contributed by atoms with Crippen LogP contribution < -0.4 is 0 Å². The van der Waals surface area contributed by atoms with Crippen LogP contribution in [0.2, 0.25) is 0 Å². The molecule has 17 heavy (non-hydrogen) atoms. The fraction of sp³-hybridized carbons (Fsp3) is 0.636. The molecular weight excluding hydrogens is 220 g/mol. The van der Waals surface area contributed by atoms with E-state index in [0.29, 0.717) is 24.4 Å². The molecule has 6 nitrogen and oxygen atoms in total. The lowest BCUT2D eigenvalue weighted by Crippen LogP contribution is -2.39. The number of nitrogens with zero attached hydrogens (tertiary/aromatic N) is 4. The van der Waals surface area contributed by atoms with Gasteiger partial charge in [0.05, 0.1) is 6.20 Å². The topological polar surface area (TPSA) is 68.1 Å². The molecule has 1 amide bonds. The summed E-state index contributed by atoms with van der Waals surface area (Å²) in [6.07, 6.45) is 4.44. The minimum atomic E-state index is 0.127. The van der Waals surface area contributed by atoms with E-state index in [1.54, 1.807) is 17.8 Å². The van der Waals surface area contributed by atoms with E-state index in [-0.39, 0.29) is 5.91 Å². The average molecular weight is 236 g/mol. The van der Waals surface area contributed by atoms with Crippen molar-refractivity contribution in [3.63, 3.8) is 0 Å². The maximum Gasteiger partial charge on any atom is 0.219 e. The van der Waals surface area contributed by atoms with Crippen LogP contribution in [-0.4, -0.2) is 45.2 Å². The Bertz CT molecular complexity index is 415. The van der Waals surface area contributed by atoms with E-state index in [2.05, 4.69) is 10.3 Å². The molecule has 0 radical (unpaired) electrons. The molecule has 1 aromatic rings. The molecule has 1 unspecified atom stereocenters. The van der Waals surface area contributed by atoms with Crippen molar-refractivity contribution < 1.29 is 9.59 Å². The molecule has 1 aliphatic rings. The number of hydrogen-bond acceptors (Lipinski definition) is 4. The van der Waals surface area contributed by atoms with Crippen molar-refractivity contribution in [3.8, 4) is 0 Å². The first-order valence-electron chi connectivity index (χ1n) is 5.80. The van der Waals surface area contributed by atoms with Crippen molar-refractivity contribution in [2.24, 2.45) is 5.92 Å². The van der Waals surface area contributed by atoms with Gasteiger partial charge in [-0.15, -0.1) is 5.10 Å². The Morgan fingerprint density at radius 3 is 3.12 bits per heavy atom. The van der Waals surface area contributed by atoms with Gasteiger partial charge >= 0.3 is 0 Å². The quantitative estimate of drug-likeness (QED) is 0.710. The van der Waals surface area contributed by atoms with Crippen LogP contribution in [-0.2, 0) is 11.3 Å². The lowest BCUT2D eigenvalue weighted by Gasteiger charge is -2.31. The van der Waals surface area contributed by atoms with E-state index in [1.807, 2.05) is 4.90 Å². The smallest absolute Gasteiger partial charge is 0.219 e. The number of aldehydes is 1. The van der Waals surface area contributed by atoms with E-state index in [1.165, 1.54) is 0 Å². The monoisotopic (exact) mass is 236 g/mol. The molecule has 2 heterocycles. The van der Waals surface area contributed by atoms with E-state index >= 15 is 0 Å². The molecule has 6 heteroatoms. The Morgan fingerprint density at radius 1 is 1.65 bits per heavy atom. The zero-order valence-corrected chi connectivity index (χ0v) is 9.87. The molecule has 1 aliphatic heterocycles. The Hall–Kier alpha value is -1.72. The zero-order chi connectivity index (χ0) is 12.3. The van der Waals surface area contributed by atoms with Crippen LogP contribution in [0, 0.1) is 5.92 Å². The number of hydrogen-bond donors (Lipinski definition) is 0. The van der Waals surface area contributed by atoms with Crippen LogP contribution >= 0.6 is 0 Å². The molecule has 1 fully saturated rings. The molecule has 0 saturated carbocycles. The predicted octanol–water partition coefficient (Wildman–Crippen LogP) is 0.349. The minimum absolute atomic E-state index is 0.127. The Morgan fingerprint density at radius 2 is 2.47 bits per heavy atom. The summed E-state index contributed by atoms with van der Waals surface area (Å²) in [4.78, 5) is 23.6. The summed E-state index contributed by atoms with van der Waals surface area (Å²) in [5.74, 6) is 0.524. The number of carbonyl (C=O) groups excluding carboxylic acids is 2. The first-order valence-corrected chi connectivity index (χ1v) is 5.80. The third-order valence-electron chi connectivity index (χ3n) is 3.09. The number of likely N-dealkylation sites (tertiary alicyclic amines) is 1. The molecule has 1 aromatic heterocycles. The minimum Gasteiger partial charge on any atom is -0.343 e. The highest BCUT2D eigenvalue weighted by atomic mass is 16.2. The van der Waals surface area contributed by atoms with Gasteiger partial charge in [-0.05, 0) is 18.8 Å². The second-order valence-electron chi connectivity index (χ2n) is 4.46. The van der Waals surface area contributed by atoms with Crippen molar-refractivity contribution in [2.75, 3.05) is 13.1 Å². The Labute approximate surface area is 99.6 Å². The van der Waals surface area contributed by atoms with Crippen LogP contribution in [0.3, 0.4) is 0 Å². The van der Waals surface area contributed by atoms with Crippen LogP contribution in [0.1, 0.15) is 30.3 Å². The van der Waals surface area contributed by atoms with E-state index in [0.717, 1.165) is 25.9 Å². The van der Waals surface area contributed by atoms with Gasteiger partial charge in [0.25, 0.3) is 0 Å². The van der Waals surface area contributed by atoms with E-state index in [9.17, 15) is 9.59 Å². The van der Waals surface area contributed by atoms with Gasteiger partial charge in [-0.25, -0.2) is 0 Å². The van der Waals surface area contributed by atoms with Crippen LogP contribution in [0.15, 0.2) is 6.20 Å². The lowest BCUT2D eigenvalue weighted by molar-refractivity contribution is -0.130. The fourth-order valence-electron chi connectivity index (χ4n) is 2.22. The molecule has 0 N–H and O–H groups in total. The summed E-state index contributed by atoms with van der Waals surface area (Å²) in [5.41, 5.74) is 0.351. The van der Waals surface area contributed by atoms with Gasteiger partial charge in [0.1, 0.15) is 5.69 Å². The van der Waals surface area contributed by atoms with Crippen molar-refractivity contribution in [1.82, 2.24) is 19.9 Å². The number of amides is 1. The summed E-state index contributed by atoms with van der Waals surface area (Å²) in [6.45, 7) is 3.93. The second kappa shape index (κ2) is 5.07. The van der Waals surface area contributed by atoms with Crippen molar-refractivity contribution in [1.29, 1.82) is 0 Å². The molecule has 0 aromatic carbocycles. The highest BCUT2D eigenvalue weighted by molar-refractivity contribution is 5.73. The number of carbonyl (C=O) groups is 2. The van der Waals surface area contributed by atoms with Gasteiger partial charge in [-0.2, -0.15) is 0 Å². The van der Waals surface area contributed by atoms with Gasteiger partial charge in [-0.3, -0.25) is 14.3 Å². The van der Waals surface area contributed by atoms with Crippen molar-refractivity contribution in [2.45, 2.75) is 26.3 Å². The SMILES string of the molecule is CC(=O)N1CCCC(Cn2cc(C=O)nn2)C1. The molecule has 2 rings (SSSR count). The molecule has 1 atom stereocenters. The summed E-state index contributed by atoms with van der Waals surface area (Å²) in [7, 11) is 0. The Kier molecular flexibility index (Phi) is 3.51. The van der Waals surface area contributed by atoms with Crippen LogP contribution in [0.5, 0.6) is 0 Å². The van der Waals surface area contributed by atoms with Gasteiger partial charge in [0, 0.05) is 26.6 Å². The highest BCUT2D eigenvalue weighted by Gasteiger charge is 2.22. The van der Waals surface area contributed by atoms with Gasteiger partial charge < -0.3 is 4.90 Å². The lowest BCUT2D eigenvalue weighted by atomic mass is 9.98. The fourth-order valence-corrected chi connectivity index (χ4v) is 2.22. The Balaban J connectivity index is 1.94. The van der Waals surface area contributed by atoms with Crippen LogP contribution in [0.25, 0.3) is 0 Å². The molecular formula is C11H16N4O2. The summed E-state index contributed by atoms with van der Waals surface area (Å²) >= 11 is 0. The molecule has 0 spiro atoms. The number of rotatable bonds is 3. The van der Waals surface area contributed by atoms with Crippen molar-refractivity contribution >= 4 is 12.2 Å². The number of aromatic nitrogens is 3. The third kappa shape index (κ3) is 2.89. The molecule has 92 valence electrons. The third-order valence-corrected chi connectivity index (χ3v) is 3.09. The zero-order valence-electron chi connectivity index (χ0n) is 9.87. The predicted molar refractivity (Wildman–Crippen MR) is 60.4 cm³/mol. The first kappa shape index (κ1) is 11.8. The summed E-state index contributed by atoms with van der Waals surface area (Å²) < 4.78 is 1.68. The summed E-state index contributed by atoms with van der Waals surface area (Å²) in [6, 6.07) is 0. The van der Waals surface area contributed by atoms with E-state index in [4.69, 9.17) is 0 Å².